The SMILES string of the molecule is CC1CC1CN(C)CC1CCNc2ccccc21. The second-order valence-corrected chi connectivity index (χ2v) is 6.19. The highest BCUT2D eigenvalue weighted by atomic mass is 15.1. The van der Waals surface area contributed by atoms with Gasteiger partial charge in [0.1, 0.15) is 0 Å². The summed E-state index contributed by atoms with van der Waals surface area (Å²) in [6.45, 7) is 5.99. The van der Waals surface area contributed by atoms with Crippen LogP contribution in [0.15, 0.2) is 24.3 Å². The summed E-state index contributed by atoms with van der Waals surface area (Å²) in [4.78, 5) is 2.54. The summed E-state index contributed by atoms with van der Waals surface area (Å²) in [5, 5.41) is 3.51. The van der Waals surface area contributed by atoms with Gasteiger partial charge in [0.05, 0.1) is 0 Å². The maximum Gasteiger partial charge on any atom is 0.0376 e. The largest absolute Gasteiger partial charge is 0.385 e. The number of benzene rings is 1. The first-order valence-corrected chi connectivity index (χ1v) is 7.25. The van der Waals surface area contributed by atoms with Crippen LogP contribution < -0.4 is 5.32 Å². The van der Waals surface area contributed by atoms with Gasteiger partial charge in [-0.2, -0.15) is 0 Å². The minimum atomic E-state index is 0.710. The fourth-order valence-corrected chi connectivity index (χ4v) is 3.24. The molecule has 18 heavy (non-hydrogen) atoms. The summed E-state index contributed by atoms with van der Waals surface area (Å²) in [6.07, 6.45) is 2.70. The first kappa shape index (κ1) is 12.0. The van der Waals surface area contributed by atoms with Crippen LogP contribution in [0.2, 0.25) is 0 Å². The standard InChI is InChI=1S/C16H24N2/c1-12-9-14(12)11-18(2)10-13-7-8-17-16-6-4-3-5-15(13)16/h3-6,12-14,17H,7-11H2,1-2H3. The maximum absolute atomic E-state index is 3.51. The summed E-state index contributed by atoms with van der Waals surface area (Å²) >= 11 is 0. The van der Waals surface area contributed by atoms with E-state index in [0.717, 1.165) is 18.4 Å². The molecule has 2 aliphatic rings. The summed E-state index contributed by atoms with van der Waals surface area (Å²) in [6, 6.07) is 8.80. The van der Waals surface area contributed by atoms with Crippen molar-refractivity contribution in [2.24, 2.45) is 11.8 Å². The molecule has 1 saturated carbocycles. The first-order chi connectivity index (χ1) is 8.74. The van der Waals surface area contributed by atoms with Crippen LogP contribution in [0, 0.1) is 11.8 Å². The third kappa shape index (κ3) is 2.54. The number of likely N-dealkylation sites (N-methyl/N-ethyl adjacent to an activating group) is 1. The predicted molar refractivity (Wildman–Crippen MR) is 77.1 cm³/mol. The number of hydrogen-bond donors (Lipinski definition) is 1. The molecule has 0 aromatic heterocycles. The van der Waals surface area contributed by atoms with Gasteiger partial charge in [0.25, 0.3) is 0 Å². The van der Waals surface area contributed by atoms with Crippen molar-refractivity contribution in [3.05, 3.63) is 29.8 Å². The molecule has 0 radical (unpaired) electrons. The van der Waals surface area contributed by atoms with E-state index in [4.69, 9.17) is 0 Å². The van der Waals surface area contributed by atoms with E-state index in [-0.39, 0.29) is 0 Å². The molecular weight excluding hydrogens is 220 g/mol. The van der Waals surface area contributed by atoms with E-state index < -0.39 is 0 Å². The van der Waals surface area contributed by atoms with E-state index in [1.54, 1.807) is 0 Å². The van der Waals surface area contributed by atoms with E-state index in [1.807, 2.05) is 0 Å². The van der Waals surface area contributed by atoms with E-state index in [9.17, 15) is 0 Å². The minimum Gasteiger partial charge on any atom is -0.385 e. The van der Waals surface area contributed by atoms with Crippen molar-refractivity contribution in [1.29, 1.82) is 0 Å². The molecule has 3 unspecified atom stereocenters. The quantitative estimate of drug-likeness (QED) is 0.875. The van der Waals surface area contributed by atoms with Crippen molar-refractivity contribution in [1.82, 2.24) is 4.90 Å². The molecule has 0 amide bonds. The molecule has 1 aromatic carbocycles. The fraction of sp³-hybridized carbons (Fsp3) is 0.625. The van der Waals surface area contributed by atoms with Gasteiger partial charge >= 0.3 is 0 Å². The molecule has 0 bridgehead atoms. The zero-order chi connectivity index (χ0) is 12.5. The molecule has 3 rings (SSSR count). The van der Waals surface area contributed by atoms with Crippen molar-refractivity contribution in [2.75, 3.05) is 32.0 Å². The minimum absolute atomic E-state index is 0.710. The second kappa shape index (κ2) is 4.93. The predicted octanol–water partition coefficient (Wildman–Crippen LogP) is 3.17. The zero-order valence-electron chi connectivity index (χ0n) is 11.5. The van der Waals surface area contributed by atoms with Crippen LogP contribution in [0.3, 0.4) is 0 Å². The lowest BCUT2D eigenvalue weighted by molar-refractivity contribution is 0.289. The number of nitrogens with one attached hydrogen (secondary N) is 1. The number of anilines is 1. The van der Waals surface area contributed by atoms with Gasteiger partial charge in [0.15, 0.2) is 0 Å². The molecule has 1 heterocycles. The van der Waals surface area contributed by atoms with Crippen LogP contribution in [0.4, 0.5) is 5.69 Å². The van der Waals surface area contributed by atoms with Crippen LogP contribution in [0.5, 0.6) is 0 Å². The smallest absolute Gasteiger partial charge is 0.0376 e. The third-order valence-electron chi connectivity index (χ3n) is 4.56. The molecule has 2 heteroatoms. The van der Waals surface area contributed by atoms with Gasteiger partial charge in [-0.1, -0.05) is 25.1 Å². The molecular formula is C16H24N2. The molecule has 1 aliphatic carbocycles. The van der Waals surface area contributed by atoms with E-state index in [1.165, 1.54) is 37.2 Å². The van der Waals surface area contributed by atoms with Gasteiger partial charge in [-0.25, -0.2) is 0 Å². The van der Waals surface area contributed by atoms with Gasteiger partial charge in [0.2, 0.25) is 0 Å². The molecule has 1 aromatic rings. The zero-order valence-corrected chi connectivity index (χ0v) is 11.5. The lowest BCUT2D eigenvalue weighted by atomic mass is 9.90. The van der Waals surface area contributed by atoms with E-state index >= 15 is 0 Å². The van der Waals surface area contributed by atoms with Crippen molar-refractivity contribution >= 4 is 5.69 Å². The number of hydrogen-bond acceptors (Lipinski definition) is 2. The third-order valence-corrected chi connectivity index (χ3v) is 4.56. The Morgan fingerprint density at radius 1 is 1.28 bits per heavy atom. The highest BCUT2D eigenvalue weighted by molar-refractivity contribution is 5.54. The number of nitrogens with zero attached hydrogens (tertiary/aromatic N) is 1. The van der Waals surface area contributed by atoms with Crippen molar-refractivity contribution in [2.45, 2.75) is 25.7 Å². The summed E-state index contributed by atoms with van der Waals surface area (Å²) in [7, 11) is 2.29. The van der Waals surface area contributed by atoms with Gasteiger partial charge in [-0.15, -0.1) is 0 Å². The van der Waals surface area contributed by atoms with Crippen molar-refractivity contribution in [3.8, 4) is 0 Å². The Bertz CT molecular complexity index is 415. The Balaban J connectivity index is 1.63. The monoisotopic (exact) mass is 244 g/mol. The number of rotatable bonds is 4. The normalized spacial score (nSPS) is 29.8. The molecule has 1 aliphatic heterocycles. The number of fused-ring (bicyclic) bond motifs is 1. The Morgan fingerprint density at radius 2 is 2.06 bits per heavy atom. The maximum atomic E-state index is 3.51. The highest BCUT2D eigenvalue weighted by Gasteiger charge is 2.33. The molecule has 0 saturated heterocycles. The molecule has 1 N–H and O–H groups in total. The van der Waals surface area contributed by atoms with Crippen LogP contribution in [0.1, 0.15) is 31.2 Å². The fourth-order valence-electron chi connectivity index (χ4n) is 3.24. The Morgan fingerprint density at radius 3 is 2.83 bits per heavy atom. The van der Waals surface area contributed by atoms with Gasteiger partial charge in [-0.3, -0.25) is 0 Å². The topological polar surface area (TPSA) is 15.3 Å². The lowest BCUT2D eigenvalue weighted by Gasteiger charge is -2.30. The lowest BCUT2D eigenvalue weighted by Crippen LogP contribution is -2.30. The first-order valence-electron chi connectivity index (χ1n) is 7.25. The second-order valence-electron chi connectivity index (χ2n) is 6.19. The Hall–Kier alpha value is -1.02. The summed E-state index contributed by atoms with van der Waals surface area (Å²) in [5.41, 5.74) is 2.86. The summed E-state index contributed by atoms with van der Waals surface area (Å²) < 4.78 is 0. The molecule has 0 spiro atoms. The van der Waals surface area contributed by atoms with Crippen LogP contribution in [-0.2, 0) is 0 Å². The van der Waals surface area contributed by atoms with E-state index in [0.29, 0.717) is 5.92 Å². The van der Waals surface area contributed by atoms with Crippen molar-refractivity contribution in [3.63, 3.8) is 0 Å². The summed E-state index contributed by atoms with van der Waals surface area (Å²) in [5.74, 6) is 2.64. The van der Waals surface area contributed by atoms with Crippen LogP contribution in [-0.4, -0.2) is 31.6 Å². The molecule has 3 atom stereocenters. The molecule has 98 valence electrons. The van der Waals surface area contributed by atoms with Crippen LogP contribution in [0.25, 0.3) is 0 Å². The van der Waals surface area contributed by atoms with Gasteiger partial charge in [-0.05, 0) is 43.4 Å². The van der Waals surface area contributed by atoms with Gasteiger partial charge < -0.3 is 10.2 Å². The molecule has 1 fully saturated rings. The van der Waals surface area contributed by atoms with Gasteiger partial charge in [0, 0.05) is 31.2 Å². The molecule has 2 nitrogen and oxygen atoms in total. The Labute approximate surface area is 110 Å². The highest BCUT2D eigenvalue weighted by Crippen LogP contribution is 2.38. The Kier molecular flexibility index (Phi) is 3.29. The average molecular weight is 244 g/mol. The van der Waals surface area contributed by atoms with E-state index in [2.05, 4.69) is 48.5 Å². The van der Waals surface area contributed by atoms with Crippen LogP contribution >= 0.6 is 0 Å². The van der Waals surface area contributed by atoms with Crippen molar-refractivity contribution < 1.29 is 0 Å². The number of para-hydroxylation sites is 1. The average Bonchev–Trinajstić information content (AvgIpc) is 3.05.